The van der Waals surface area contributed by atoms with Gasteiger partial charge in [0.1, 0.15) is 0 Å². The first-order chi connectivity index (χ1) is 18.4. The van der Waals surface area contributed by atoms with Crippen LogP contribution in [0.5, 0.6) is 0 Å². The molecule has 1 heterocycles. The van der Waals surface area contributed by atoms with Crippen LogP contribution < -0.4 is 9.80 Å². The summed E-state index contributed by atoms with van der Waals surface area (Å²) in [5.74, 6) is 1.91. The molecule has 0 aliphatic heterocycles. The van der Waals surface area contributed by atoms with Crippen LogP contribution in [0.15, 0.2) is 54.6 Å². The number of halogens is 2. The average molecular weight is 613 g/mol. The van der Waals surface area contributed by atoms with E-state index in [-0.39, 0.29) is 13.1 Å². The van der Waals surface area contributed by atoms with Gasteiger partial charge in [-0.2, -0.15) is 0 Å². The zero-order valence-corrected chi connectivity index (χ0v) is 28.0. The molecule has 0 bridgehead atoms. The van der Waals surface area contributed by atoms with Crippen molar-refractivity contribution in [2.24, 2.45) is 0 Å². The van der Waals surface area contributed by atoms with Crippen molar-refractivity contribution < 1.29 is 13.1 Å². The van der Waals surface area contributed by atoms with Gasteiger partial charge in [0.2, 0.25) is 0 Å². The first kappa shape index (κ1) is 33.5. The molecule has 0 saturated heterocycles. The molecule has 2 aromatic carbocycles. The van der Waals surface area contributed by atoms with Gasteiger partial charge in [-0.15, -0.1) is 0 Å². The monoisotopic (exact) mass is 611 g/mol. The van der Waals surface area contributed by atoms with E-state index in [9.17, 15) is 0 Å². The van der Waals surface area contributed by atoms with E-state index in [4.69, 9.17) is 25.2 Å². The van der Waals surface area contributed by atoms with Gasteiger partial charge >= 0.3 is 33.3 Å². The molecule has 0 N–H and O–H groups in total. The van der Waals surface area contributed by atoms with Crippen LogP contribution in [0.25, 0.3) is 0 Å². The zero-order chi connectivity index (χ0) is 29.3. The summed E-state index contributed by atoms with van der Waals surface area (Å²) < 4.78 is 0. The molecule has 0 atom stereocenters. The van der Waals surface area contributed by atoms with Gasteiger partial charge in [-0.05, 0) is 58.1 Å². The molecule has 0 unspecified atom stereocenters. The fraction of sp³-hybridized carbons (Fsp3) is 0.485. The summed E-state index contributed by atoms with van der Waals surface area (Å²) in [7, 11) is 13.9. The SMILES string of the molecule is CC(C)c1cccc(C(C)C)c1N(C)Cc1cccc(CN(C)c2c(C(C)C)cccc2C(C)C)n1.[Cl][Fe][Cl]. The van der Waals surface area contributed by atoms with Crippen molar-refractivity contribution in [1.82, 2.24) is 4.98 Å². The van der Waals surface area contributed by atoms with Gasteiger partial charge in [0.05, 0.1) is 24.5 Å². The molecule has 0 radical (unpaired) electrons. The summed E-state index contributed by atoms with van der Waals surface area (Å²) in [6.45, 7) is 19.9. The second-order valence-electron chi connectivity index (χ2n) is 11.6. The summed E-state index contributed by atoms with van der Waals surface area (Å²) in [4.78, 5) is 9.91. The molecule has 3 nitrogen and oxygen atoms in total. The van der Waals surface area contributed by atoms with E-state index < -0.39 is 0 Å². The number of hydrogen-bond acceptors (Lipinski definition) is 3. The second-order valence-corrected chi connectivity index (χ2v) is 13.4. The Balaban J connectivity index is 0.00000170. The van der Waals surface area contributed by atoms with Gasteiger partial charge in [-0.3, -0.25) is 4.98 Å². The summed E-state index contributed by atoms with van der Waals surface area (Å²) in [6, 6.07) is 20.0. The molecule has 6 heteroatoms. The zero-order valence-electron chi connectivity index (χ0n) is 25.4. The molecular formula is C33H47Cl2FeN3. The molecule has 0 spiro atoms. The van der Waals surface area contributed by atoms with Crippen molar-refractivity contribution >= 4 is 31.6 Å². The maximum absolute atomic E-state index is 5.12. The van der Waals surface area contributed by atoms with Crippen LogP contribution in [0.2, 0.25) is 0 Å². The Morgan fingerprint density at radius 1 is 0.564 bits per heavy atom. The minimum absolute atomic E-state index is 0.194. The topological polar surface area (TPSA) is 19.4 Å². The normalized spacial score (nSPS) is 11.4. The molecule has 0 amide bonds. The molecule has 216 valence electrons. The van der Waals surface area contributed by atoms with Crippen molar-refractivity contribution in [1.29, 1.82) is 0 Å². The van der Waals surface area contributed by atoms with Gasteiger partial charge in [-0.25, -0.2) is 0 Å². The number of hydrogen-bond donors (Lipinski definition) is 0. The van der Waals surface area contributed by atoms with Crippen molar-refractivity contribution in [3.63, 3.8) is 0 Å². The van der Waals surface area contributed by atoms with Crippen molar-refractivity contribution in [3.8, 4) is 0 Å². The van der Waals surface area contributed by atoms with Crippen LogP contribution in [0.4, 0.5) is 11.4 Å². The molecule has 0 aliphatic rings. The molecule has 0 saturated carbocycles. The number of nitrogens with zero attached hydrogens (tertiary/aromatic N) is 3. The summed E-state index contributed by atoms with van der Waals surface area (Å²) in [6.07, 6.45) is 0. The molecule has 3 rings (SSSR count). The molecule has 39 heavy (non-hydrogen) atoms. The maximum atomic E-state index is 5.12. The predicted octanol–water partition coefficient (Wildman–Crippen LogP) is 10.2. The van der Waals surface area contributed by atoms with E-state index in [0.29, 0.717) is 23.7 Å². The quantitative estimate of drug-likeness (QED) is 0.213. The van der Waals surface area contributed by atoms with Crippen LogP contribution in [0.3, 0.4) is 0 Å². The third-order valence-corrected chi connectivity index (χ3v) is 7.11. The first-order valence-electron chi connectivity index (χ1n) is 13.9. The Morgan fingerprint density at radius 2 is 0.821 bits per heavy atom. The van der Waals surface area contributed by atoms with E-state index in [0.717, 1.165) is 24.5 Å². The van der Waals surface area contributed by atoms with E-state index in [1.807, 2.05) is 0 Å². The Kier molecular flexibility index (Phi) is 13.7. The van der Waals surface area contributed by atoms with Gasteiger partial charge in [0.25, 0.3) is 0 Å². The fourth-order valence-electron chi connectivity index (χ4n) is 5.25. The number of pyridine rings is 1. The Labute approximate surface area is 252 Å². The number of anilines is 2. The van der Waals surface area contributed by atoms with Crippen LogP contribution in [0, 0.1) is 0 Å². The minimum atomic E-state index is 0.194. The van der Waals surface area contributed by atoms with Crippen LogP contribution >= 0.6 is 20.2 Å². The molecule has 0 aliphatic carbocycles. The number of rotatable bonds is 10. The molecule has 1 aromatic heterocycles. The van der Waals surface area contributed by atoms with Crippen molar-refractivity contribution in [3.05, 3.63) is 88.2 Å². The second kappa shape index (κ2) is 15.9. The Bertz CT molecular complexity index is 1040. The van der Waals surface area contributed by atoms with Gasteiger partial charge in [0.15, 0.2) is 0 Å². The standard InChI is InChI=1S/C33H47N3.2ClH.Fe/c1-22(2)28-16-12-17-29(23(3)4)32(28)35(9)20-26-14-11-15-27(34-26)21-36(10)33-30(24(5)6)18-13-19-31(33)25(7)8;;;/h11-19,22-25H,20-21H2,1-10H3;2*1H;/q;;;+2/p-2. The third-order valence-electron chi connectivity index (χ3n) is 7.11. The van der Waals surface area contributed by atoms with Crippen molar-refractivity contribution in [2.45, 2.75) is 92.2 Å². The first-order valence-corrected chi connectivity index (χ1v) is 16.9. The average Bonchev–Trinajstić information content (AvgIpc) is 2.88. The van der Waals surface area contributed by atoms with Gasteiger partial charge in [-0.1, -0.05) is 97.9 Å². The van der Waals surface area contributed by atoms with E-state index >= 15 is 0 Å². The summed E-state index contributed by atoms with van der Waals surface area (Å²) in [5, 5.41) is 0. The van der Waals surface area contributed by atoms with Gasteiger partial charge < -0.3 is 9.80 Å². The summed E-state index contributed by atoms with van der Waals surface area (Å²) in [5.41, 5.74) is 10.6. The van der Waals surface area contributed by atoms with E-state index in [1.54, 1.807) is 0 Å². The Morgan fingerprint density at radius 3 is 1.08 bits per heavy atom. The summed E-state index contributed by atoms with van der Waals surface area (Å²) >= 11 is 0.194. The Hall–Kier alpha value is -1.71. The van der Waals surface area contributed by atoms with Gasteiger partial charge in [0, 0.05) is 25.5 Å². The number of benzene rings is 2. The number of para-hydroxylation sites is 2. The van der Waals surface area contributed by atoms with E-state index in [1.165, 1.54) is 33.6 Å². The van der Waals surface area contributed by atoms with Crippen LogP contribution in [-0.2, 0) is 26.2 Å². The number of aromatic nitrogens is 1. The van der Waals surface area contributed by atoms with Crippen LogP contribution in [0.1, 0.15) is 113 Å². The van der Waals surface area contributed by atoms with E-state index in [2.05, 4.69) is 134 Å². The molecule has 3 aromatic rings. The molecule has 0 fully saturated rings. The predicted molar refractivity (Wildman–Crippen MR) is 169 cm³/mol. The molecular weight excluding hydrogens is 565 g/mol. The fourth-order valence-corrected chi connectivity index (χ4v) is 5.25. The van der Waals surface area contributed by atoms with Crippen LogP contribution in [-0.4, -0.2) is 19.1 Å². The van der Waals surface area contributed by atoms with Crippen molar-refractivity contribution in [2.75, 3.05) is 23.9 Å². The third kappa shape index (κ3) is 9.15.